The van der Waals surface area contributed by atoms with Gasteiger partial charge in [0.2, 0.25) is 0 Å². The summed E-state index contributed by atoms with van der Waals surface area (Å²) < 4.78 is 0. The fourth-order valence-electron chi connectivity index (χ4n) is 2.28. The van der Waals surface area contributed by atoms with Gasteiger partial charge >= 0.3 is 0 Å². The number of hydrogen-bond donors (Lipinski definition) is 1. The zero-order valence-electron chi connectivity index (χ0n) is 11.7. The molecule has 0 aliphatic heterocycles. The Labute approximate surface area is 116 Å². The van der Waals surface area contributed by atoms with Crippen molar-refractivity contribution in [2.24, 2.45) is 0 Å². The number of rotatable bonds is 7. The number of nitrogens with one attached hydrogen (secondary N) is 1. The van der Waals surface area contributed by atoms with Crippen LogP contribution in [0.3, 0.4) is 0 Å². The molecule has 2 rings (SSSR count). The van der Waals surface area contributed by atoms with Crippen LogP contribution in [-0.2, 0) is 6.42 Å². The zero-order chi connectivity index (χ0) is 13.3. The summed E-state index contributed by atoms with van der Waals surface area (Å²) in [6.07, 6.45) is 2.36. The van der Waals surface area contributed by atoms with Crippen LogP contribution in [0.15, 0.2) is 60.7 Å². The lowest BCUT2D eigenvalue weighted by Crippen LogP contribution is -2.21. The first kappa shape index (κ1) is 13.8. The van der Waals surface area contributed by atoms with Crippen LogP contribution in [-0.4, -0.2) is 13.1 Å². The second-order valence-corrected chi connectivity index (χ2v) is 5.11. The summed E-state index contributed by atoms with van der Waals surface area (Å²) in [6.45, 7) is 4.42. The van der Waals surface area contributed by atoms with Crippen LogP contribution in [0.2, 0.25) is 0 Å². The van der Waals surface area contributed by atoms with Gasteiger partial charge in [-0.1, -0.05) is 67.6 Å². The molecule has 2 aromatic carbocycles. The van der Waals surface area contributed by atoms with E-state index in [0.717, 1.165) is 19.5 Å². The van der Waals surface area contributed by atoms with Gasteiger partial charge in [0.25, 0.3) is 0 Å². The van der Waals surface area contributed by atoms with Gasteiger partial charge in [-0.15, -0.1) is 0 Å². The minimum atomic E-state index is 0.581. The summed E-state index contributed by atoms with van der Waals surface area (Å²) >= 11 is 0. The van der Waals surface area contributed by atoms with Crippen molar-refractivity contribution >= 4 is 0 Å². The number of benzene rings is 2. The topological polar surface area (TPSA) is 12.0 Å². The lowest BCUT2D eigenvalue weighted by atomic mass is 10.0. The average molecular weight is 253 g/mol. The van der Waals surface area contributed by atoms with E-state index in [4.69, 9.17) is 0 Å². The molecule has 1 unspecified atom stereocenters. The Kier molecular flexibility index (Phi) is 5.64. The maximum absolute atomic E-state index is 3.55. The van der Waals surface area contributed by atoms with Crippen molar-refractivity contribution in [3.8, 4) is 0 Å². The second kappa shape index (κ2) is 7.75. The lowest BCUT2D eigenvalue weighted by Gasteiger charge is -2.12. The molecular weight excluding hydrogens is 230 g/mol. The van der Waals surface area contributed by atoms with Crippen LogP contribution in [0.5, 0.6) is 0 Å². The third-order valence-electron chi connectivity index (χ3n) is 3.48. The fourth-order valence-corrected chi connectivity index (χ4v) is 2.28. The van der Waals surface area contributed by atoms with Crippen molar-refractivity contribution in [2.75, 3.05) is 13.1 Å². The molecule has 0 aromatic heterocycles. The molecule has 100 valence electrons. The van der Waals surface area contributed by atoms with Crippen molar-refractivity contribution in [3.05, 3.63) is 71.8 Å². The molecule has 0 aliphatic carbocycles. The summed E-state index contributed by atoms with van der Waals surface area (Å²) in [7, 11) is 0. The van der Waals surface area contributed by atoms with Gasteiger partial charge in [0.05, 0.1) is 0 Å². The Morgan fingerprint density at radius 3 is 2.21 bits per heavy atom. The molecule has 0 saturated carbocycles. The highest BCUT2D eigenvalue weighted by Gasteiger charge is 2.03. The highest BCUT2D eigenvalue weighted by molar-refractivity contribution is 5.19. The first-order valence-corrected chi connectivity index (χ1v) is 7.16. The van der Waals surface area contributed by atoms with Crippen LogP contribution in [0.1, 0.15) is 30.4 Å². The third-order valence-corrected chi connectivity index (χ3v) is 3.48. The van der Waals surface area contributed by atoms with E-state index in [1.807, 2.05) is 0 Å². The van der Waals surface area contributed by atoms with E-state index in [1.165, 1.54) is 17.5 Å². The van der Waals surface area contributed by atoms with E-state index >= 15 is 0 Å². The molecule has 0 saturated heterocycles. The Morgan fingerprint density at radius 2 is 1.53 bits per heavy atom. The smallest absolute Gasteiger partial charge is 0.00174 e. The fraction of sp³-hybridized carbons (Fsp3) is 0.333. The zero-order valence-corrected chi connectivity index (χ0v) is 11.7. The van der Waals surface area contributed by atoms with E-state index < -0.39 is 0 Å². The van der Waals surface area contributed by atoms with E-state index in [1.54, 1.807) is 0 Å². The summed E-state index contributed by atoms with van der Waals surface area (Å²) in [4.78, 5) is 0. The predicted molar refractivity (Wildman–Crippen MR) is 82.5 cm³/mol. The Morgan fingerprint density at radius 1 is 0.895 bits per heavy atom. The van der Waals surface area contributed by atoms with Crippen molar-refractivity contribution in [1.29, 1.82) is 0 Å². The Balaban J connectivity index is 1.62. The molecule has 0 aliphatic rings. The average Bonchev–Trinajstić information content (AvgIpc) is 2.49. The van der Waals surface area contributed by atoms with Crippen molar-refractivity contribution in [2.45, 2.75) is 25.7 Å². The summed E-state index contributed by atoms with van der Waals surface area (Å²) in [5, 5.41) is 3.55. The van der Waals surface area contributed by atoms with Gasteiger partial charge in [0.15, 0.2) is 0 Å². The SMILES string of the molecule is CC(CNCCCc1ccccc1)c1ccccc1. The van der Waals surface area contributed by atoms with Gasteiger partial charge in [0.1, 0.15) is 0 Å². The monoisotopic (exact) mass is 253 g/mol. The highest BCUT2D eigenvalue weighted by atomic mass is 14.8. The maximum Gasteiger partial charge on any atom is 0.00174 e. The highest BCUT2D eigenvalue weighted by Crippen LogP contribution is 2.12. The molecule has 19 heavy (non-hydrogen) atoms. The van der Waals surface area contributed by atoms with Gasteiger partial charge < -0.3 is 5.32 Å². The lowest BCUT2D eigenvalue weighted by molar-refractivity contribution is 0.596. The summed E-state index contributed by atoms with van der Waals surface area (Å²) in [6, 6.07) is 21.4. The van der Waals surface area contributed by atoms with E-state index in [2.05, 4.69) is 72.9 Å². The first-order chi connectivity index (χ1) is 9.36. The summed E-state index contributed by atoms with van der Waals surface area (Å²) in [5.74, 6) is 0.581. The molecule has 1 N–H and O–H groups in total. The molecule has 1 atom stereocenters. The molecule has 0 amide bonds. The minimum absolute atomic E-state index is 0.581. The van der Waals surface area contributed by atoms with E-state index in [0.29, 0.717) is 5.92 Å². The number of hydrogen-bond acceptors (Lipinski definition) is 1. The third kappa shape index (κ3) is 4.88. The standard InChI is InChI=1S/C18H23N/c1-16(18-12-6-3-7-13-18)15-19-14-8-11-17-9-4-2-5-10-17/h2-7,9-10,12-13,16,19H,8,11,14-15H2,1H3. The first-order valence-electron chi connectivity index (χ1n) is 7.16. The van der Waals surface area contributed by atoms with Crippen LogP contribution in [0, 0.1) is 0 Å². The molecule has 0 spiro atoms. The molecule has 1 heteroatoms. The van der Waals surface area contributed by atoms with Crippen molar-refractivity contribution in [3.63, 3.8) is 0 Å². The van der Waals surface area contributed by atoms with Gasteiger partial charge in [-0.05, 0) is 36.4 Å². The van der Waals surface area contributed by atoms with Crippen molar-refractivity contribution in [1.82, 2.24) is 5.32 Å². The number of aryl methyl sites for hydroxylation is 1. The van der Waals surface area contributed by atoms with Gasteiger partial charge in [0, 0.05) is 6.54 Å². The maximum atomic E-state index is 3.55. The molecule has 0 radical (unpaired) electrons. The molecule has 0 bridgehead atoms. The van der Waals surface area contributed by atoms with Gasteiger partial charge in [-0.25, -0.2) is 0 Å². The van der Waals surface area contributed by atoms with Gasteiger partial charge in [-0.3, -0.25) is 0 Å². The van der Waals surface area contributed by atoms with E-state index in [9.17, 15) is 0 Å². The van der Waals surface area contributed by atoms with Gasteiger partial charge in [-0.2, -0.15) is 0 Å². The predicted octanol–water partition coefficient (Wildman–Crippen LogP) is 4.01. The Hall–Kier alpha value is -1.60. The molecule has 0 fully saturated rings. The molecular formula is C18H23N. The van der Waals surface area contributed by atoms with E-state index in [-0.39, 0.29) is 0 Å². The van der Waals surface area contributed by atoms with Crippen molar-refractivity contribution < 1.29 is 0 Å². The molecule has 2 aromatic rings. The van der Waals surface area contributed by atoms with Crippen LogP contribution in [0.25, 0.3) is 0 Å². The summed E-state index contributed by atoms with van der Waals surface area (Å²) in [5.41, 5.74) is 2.85. The molecule has 1 nitrogen and oxygen atoms in total. The quantitative estimate of drug-likeness (QED) is 0.735. The second-order valence-electron chi connectivity index (χ2n) is 5.11. The minimum Gasteiger partial charge on any atom is -0.316 e. The van der Waals surface area contributed by atoms with Crippen LogP contribution < -0.4 is 5.32 Å². The van der Waals surface area contributed by atoms with Crippen LogP contribution >= 0.6 is 0 Å². The Bertz CT molecular complexity index is 450. The largest absolute Gasteiger partial charge is 0.316 e. The normalized spacial score (nSPS) is 12.3. The molecule has 0 heterocycles. The van der Waals surface area contributed by atoms with Crippen LogP contribution in [0.4, 0.5) is 0 Å².